The molecule has 0 saturated carbocycles. The number of benzene rings is 1. The standard InChI is InChI=1S/C14H17FN2O2S2/c1-10-13(15)6-11(8-16-2)7-14(10)21(18,19)17-9-12-4-3-5-20-12/h3-7,16-17H,8-9H2,1-2H3. The van der Waals surface area contributed by atoms with E-state index in [2.05, 4.69) is 10.0 Å². The van der Waals surface area contributed by atoms with Crippen LogP contribution in [-0.4, -0.2) is 15.5 Å². The molecule has 2 N–H and O–H groups in total. The van der Waals surface area contributed by atoms with E-state index in [9.17, 15) is 12.8 Å². The van der Waals surface area contributed by atoms with Gasteiger partial charge in [-0.1, -0.05) is 6.07 Å². The molecule has 0 radical (unpaired) electrons. The molecule has 0 bridgehead atoms. The minimum Gasteiger partial charge on any atom is -0.316 e. The first-order valence-electron chi connectivity index (χ1n) is 6.39. The Bertz CT molecular complexity index is 713. The van der Waals surface area contributed by atoms with Crippen LogP contribution >= 0.6 is 11.3 Å². The van der Waals surface area contributed by atoms with Crippen molar-refractivity contribution in [3.05, 3.63) is 51.5 Å². The Morgan fingerprint density at radius 2 is 2.05 bits per heavy atom. The Labute approximate surface area is 128 Å². The fourth-order valence-corrected chi connectivity index (χ4v) is 3.99. The molecule has 2 aromatic rings. The van der Waals surface area contributed by atoms with Crippen molar-refractivity contribution in [2.75, 3.05) is 7.05 Å². The molecular weight excluding hydrogens is 311 g/mol. The lowest BCUT2D eigenvalue weighted by atomic mass is 10.1. The van der Waals surface area contributed by atoms with Gasteiger partial charge in [-0.05, 0) is 43.1 Å². The van der Waals surface area contributed by atoms with Gasteiger partial charge in [0.05, 0.1) is 4.90 Å². The molecule has 0 saturated heterocycles. The summed E-state index contributed by atoms with van der Waals surface area (Å²) in [5.41, 5.74) is 0.727. The Kier molecular flexibility index (Phi) is 5.10. The maximum atomic E-state index is 13.9. The molecule has 2 rings (SSSR count). The summed E-state index contributed by atoms with van der Waals surface area (Å²) < 4.78 is 41.1. The Morgan fingerprint density at radius 1 is 1.29 bits per heavy atom. The van der Waals surface area contributed by atoms with E-state index in [1.807, 2.05) is 17.5 Å². The summed E-state index contributed by atoms with van der Waals surface area (Å²) in [6.07, 6.45) is 0. The molecule has 0 aliphatic heterocycles. The van der Waals surface area contributed by atoms with E-state index in [0.29, 0.717) is 12.1 Å². The summed E-state index contributed by atoms with van der Waals surface area (Å²) in [4.78, 5) is 0.896. The lowest BCUT2D eigenvalue weighted by Gasteiger charge is -2.12. The van der Waals surface area contributed by atoms with Crippen molar-refractivity contribution < 1.29 is 12.8 Å². The van der Waals surface area contributed by atoms with Crippen LogP contribution in [0.15, 0.2) is 34.5 Å². The molecule has 0 unspecified atom stereocenters. The molecule has 1 aromatic carbocycles. The molecule has 4 nitrogen and oxygen atoms in total. The summed E-state index contributed by atoms with van der Waals surface area (Å²) >= 11 is 1.47. The highest BCUT2D eigenvalue weighted by Gasteiger charge is 2.20. The number of hydrogen-bond donors (Lipinski definition) is 2. The first-order valence-corrected chi connectivity index (χ1v) is 8.76. The Morgan fingerprint density at radius 3 is 2.67 bits per heavy atom. The van der Waals surface area contributed by atoms with E-state index in [1.54, 1.807) is 7.05 Å². The summed E-state index contributed by atoms with van der Waals surface area (Å²) in [6, 6.07) is 6.56. The zero-order valence-corrected chi connectivity index (χ0v) is 13.4. The van der Waals surface area contributed by atoms with E-state index >= 15 is 0 Å². The fourth-order valence-electron chi connectivity index (χ4n) is 1.95. The second-order valence-electron chi connectivity index (χ2n) is 4.64. The van der Waals surface area contributed by atoms with Crippen LogP contribution in [0.2, 0.25) is 0 Å². The number of thiophene rings is 1. The number of sulfonamides is 1. The van der Waals surface area contributed by atoms with Gasteiger partial charge in [-0.2, -0.15) is 0 Å². The summed E-state index contributed by atoms with van der Waals surface area (Å²) in [5, 5.41) is 4.76. The average molecular weight is 328 g/mol. The van der Waals surface area contributed by atoms with Crippen molar-refractivity contribution in [2.45, 2.75) is 24.9 Å². The van der Waals surface area contributed by atoms with Gasteiger partial charge in [0.25, 0.3) is 0 Å². The predicted molar refractivity (Wildman–Crippen MR) is 82.2 cm³/mol. The highest BCUT2D eigenvalue weighted by Crippen LogP contribution is 2.21. The van der Waals surface area contributed by atoms with Crippen LogP contribution < -0.4 is 10.0 Å². The molecule has 0 aliphatic rings. The third kappa shape index (κ3) is 3.88. The van der Waals surface area contributed by atoms with Gasteiger partial charge in [0.15, 0.2) is 0 Å². The van der Waals surface area contributed by atoms with Crippen molar-refractivity contribution in [3.8, 4) is 0 Å². The lowest BCUT2D eigenvalue weighted by molar-refractivity contribution is 0.573. The Hall–Kier alpha value is -1.28. The SMILES string of the molecule is CNCc1cc(F)c(C)c(S(=O)(=O)NCc2cccs2)c1. The molecule has 7 heteroatoms. The van der Waals surface area contributed by atoms with E-state index in [1.165, 1.54) is 30.4 Å². The molecule has 114 valence electrons. The van der Waals surface area contributed by atoms with Gasteiger partial charge in [0.1, 0.15) is 5.82 Å². The van der Waals surface area contributed by atoms with Crippen molar-refractivity contribution in [3.63, 3.8) is 0 Å². The third-order valence-corrected chi connectivity index (χ3v) is 5.45. The van der Waals surface area contributed by atoms with Gasteiger partial charge in [-0.25, -0.2) is 17.5 Å². The minimum atomic E-state index is -3.74. The van der Waals surface area contributed by atoms with E-state index in [-0.39, 0.29) is 17.0 Å². The maximum absolute atomic E-state index is 13.9. The molecule has 1 aromatic heterocycles. The van der Waals surface area contributed by atoms with Crippen LogP contribution in [0.4, 0.5) is 4.39 Å². The van der Waals surface area contributed by atoms with Crippen molar-refractivity contribution in [2.24, 2.45) is 0 Å². The van der Waals surface area contributed by atoms with Gasteiger partial charge in [0, 0.05) is 23.5 Å². The van der Waals surface area contributed by atoms with Gasteiger partial charge >= 0.3 is 0 Å². The summed E-state index contributed by atoms with van der Waals surface area (Å²) in [6.45, 7) is 2.08. The van der Waals surface area contributed by atoms with Crippen LogP contribution in [0.25, 0.3) is 0 Å². The first kappa shape index (κ1) is 16.1. The minimum absolute atomic E-state index is 0.00990. The molecular formula is C14H17FN2O2S2. The van der Waals surface area contributed by atoms with Gasteiger partial charge in [-0.3, -0.25) is 0 Å². The molecule has 0 spiro atoms. The lowest BCUT2D eigenvalue weighted by Crippen LogP contribution is -2.24. The molecule has 1 heterocycles. The topological polar surface area (TPSA) is 58.2 Å². The molecule has 0 atom stereocenters. The van der Waals surface area contributed by atoms with Gasteiger partial charge in [-0.15, -0.1) is 11.3 Å². The molecule has 0 fully saturated rings. The normalized spacial score (nSPS) is 11.8. The van der Waals surface area contributed by atoms with Crippen molar-refractivity contribution in [1.29, 1.82) is 0 Å². The zero-order valence-electron chi connectivity index (χ0n) is 11.8. The predicted octanol–water partition coefficient (Wildman–Crippen LogP) is 2.39. The van der Waals surface area contributed by atoms with E-state index in [0.717, 1.165) is 4.88 Å². The smallest absolute Gasteiger partial charge is 0.241 e. The Balaban J connectivity index is 2.30. The monoisotopic (exact) mass is 328 g/mol. The number of nitrogens with one attached hydrogen (secondary N) is 2. The highest BCUT2D eigenvalue weighted by atomic mass is 32.2. The fraction of sp³-hybridized carbons (Fsp3) is 0.286. The van der Waals surface area contributed by atoms with E-state index in [4.69, 9.17) is 0 Å². The summed E-state index contributed by atoms with van der Waals surface area (Å²) in [7, 11) is -2.02. The van der Waals surface area contributed by atoms with Crippen LogP contribution in [0.1, 0.15) is 16.0 Å². The average Bonchev–Trinajstić information content (AvgIpc) is 2.94. The second-order valence-corrected chi connectivity index (χ2v) is 7.40. The summed E-state index contributed by atoms with van der Waals surface area (Å²) in [5.74, 6) is -0.515. The third-order valence-electron chi connectivity index (χ3n) is 3.04. The molecule has 21 heavy (non-hydrogen) atoms. The quantitative estimate of drug-likeness (QED) is 0.856. The number of rotatable bonds is 6. The van der Waals surface area contributed by atoms with Crippen molar-refractivity contribution in [1.82, 2.24) is 10.0 Å². The first-order chi connectivity index (χ1) is 9.94. The maximum Gasteiger partial charge on any atom is 0.241 e. The zero-order chi connectivity index (χ0) is 15.5. The van der Waals surface area contributed by atoms with E-state index < -0.39 is 15.8 Å². The van der Waals surface area contributed by atoms with Gasteiger partial charge in [0.2, 0.25) is 10.0 Å². The molecule has 0 aliphatic carbocycles. The van der Waals surface area contributed by atoms with Crippen LogP contribution in [0.3, 0.4) is 0 Å². The van der Waals surface area contributed by atoms with Crippen LogP contribution in [-0.2, 0) is 23.1 Å². The van der Waals surface area contributed by atoms with Crippen LogP contribution in [0, 0.1) is 12.7 Å². The van der Waals surface area contributed by atoms with Crippen LogP contribution in [0.5, 0.6) is 0 Å². The number of halogens is 1. The highest BCUT2D eigenvalue weighted by molar-refractivity contribution is 7.89. The largest absolute Gasteiger partial charge is 0.316 e. The van der Waals surface area contributed by atoms with Crippen molar-refractivity contribution >= 4 is 21.4 Å². The second kappa shape index (κ2) is 6.65. The number of hydrogen-bond acceptors (Lipinski definition) is 4. The van der Waals surface area contributed by atoms with Gasteiger partial charge < -0.3 is 5.32 Å². The molecule has 0 amide bonds.